The van der Waals surface area contributed by atoms with Crippen LogP contribution in [0, 0.1) is 93.1 Å². The van der Waals surface area contributed by atoms with Gasteiger partial charge in [-0.25, -0.2) is 70.2 Å². The molecule has 76 heavy (non-hydrogen) atoms. The van der Waals surface area contributed by atoms with E-state index in [1.54, 1.807) is 25.0 Å². The minimum atomic E-state index is -2.33. The smallest absolute Gasteiger partial charge is 0.197 e. The van der Waals surface area contributed by atoms with Crippen LogP contribution in [-0.2, 0) is 0 Å². The lowest BCUT2D eigenvalue weighted by Gasteiger charge is -2.43. The molecule has 15 rings (SSSR count). The maximum atomic E-state index is 16.5. The summed E-state index contributed by atoms with van der Waals surface area (Å²) in [7, 11) is 0. The van der Waals surface area contributed by atoms with Crippen molar-refractivity contribution in [1.29, 1.82) is 0 Å². The van der Waals surface area contributed by atoms with Crippen molar-refractivity contribution in [2.75, 3.05) is 25.0 Å². The molecule has 0 nitrogen and oxygen atoms in total. The highest BCUT2D eigenvalue weighted by atomic mass is 32.3. The van der Waals surface area contributed by atoms with Gasteiger partial charge in [0.05, 0.1) is 25.4 Å². The molecular weight excluding hydrogens is 1190 g/mol. The second kappa shape index (κ2) is 17.7. The predicted octanol–water partition coefficient (Wildman–Crippen LogP) is 17.0. The third-order valence-corrected chi connectivity index (χ3v) is 25.1. The van der Waals surface area contributed by atoms with Crippen LogP contribution in [0.15, 0.2) is 41.2 Å². The predicted molar refractivity (Wildman–Crippen MR) is 275 cm³/mol. The lowest BCUT2D eigenvalue weighted by atomic mass is 9.59. The maximum Gasteiger partial charge on any atom is 0.197 e. The Morgan fingerprint density at radius 1 is 0.263 bits per heavy atom. The first-order chi connectivity index (χ1) is 36.2. The van der Waals surface area contributed by atoms with Gasteiger partial charge in [-0.3, -0.25) is 0 Å². The second-order valence-corrected chi connectivity index (χ2v) is 26.7. The molecule has 0 amide bonds. The highest BCUT2D eigenvalue weighted by molar-refractivity contribution is 8.46. The molecule has 0 saturated heterocycles. The third kappa shape index (κ3) is 6.40. The van der Waals surface area contributed by atoms with Crippen molar-refractivity contribution in [1.82, 2.24) is 0 Å². The van der Waals surface area contributed by atoms with Crippen LogP contribution in [-0.4, -0.2) is 25.0 Å². The van der Waals surface area contributed by atoms with Crippen LogP contribution < -0.4 is 10.4 Å². The molecule has 24 heteroatoms. The first kappa shape index (κ1) is 51.4. The summed E-state index contributed by atoms with van der Waals surface area (Å²) in [6, 6.07) is 5.47. The Morgan fingerprint density at radius 2 is 0.421 bits per heavy atom. The van der Waals surface area contributed by atoms with E-state index in [1.807, 2.05) is 0 Å². The van der Waals surface area contributed by atoms with Crippen molar-refractivity contribution in [2.45, 2.75) is 23.7 Å². The molecule has 0 aromatic heterocycles. The molecule has 7 aromatic carbocycles. The number of thioether (sulfide) groups is 8. The fraction of sp³-hybridized carbons (Fsp3) is 0.154. The van der Waals surface area contributed by atoms with Crippen LogP contribution in [0.5, 0.6) is 0 Å². The average Bonchev–Trinajstić information content (AvgIpc) is 4.11. The van der Waals surface area contributed by atoms with Crippen molar-refractivity contribution < 1.29 is 70.2 Å². The zero-order chi connectivity index (χ0) is 53.9. The van der Waals surface area contributed by atoms with E-state index >= 15 is 70.2 Å². The second-order valence-electron chi connectivity index (χ2n) is 17.8. The van der Waals surface area contributed by atoms with Gasteiger partial charge in [-0.05, 0) is 93.1 Å². The van der Waals surface area contributed by atoms with Crippen molar-refractivity contribution in [3.63, 3.8) is 0 Å². The van der Waals surface area contributed by atoms with Gasteiger partial charge >= 0.3 is 0 Å². The summed E-state index contributed by atoms with van der Waals surface area (Å²) >= 11 is 10.3. The molecule has 0 radical (unpaired) electrons. The van der Waals surface area contributed by atoms with Crippen LogP contribution in [0.3, 0.4) is 0 Å². The summed E-state index contributed by atoms with van der Waals surface area (Å²) in [5.41, 5.74) is -8.98. The third-order valence-electron chi connectivity index (χ3n) is 14.7. The number of hydrogen-bond acceptors (Lipinski definition) is 8. The van der Waals surface area contributed by atoms with Gasteiger partial charge in [0, 0.05) is 78.6 Å². The SMILES string of the molecule is CSC1=C(SC)SC(=c2c3cc4c(cc3c(=C3SC(SC)=C(SC)S3)c3cc5c(cc23)C2c3c(F)c(F)c(F)c(F)c3C5c3c(F)c(F)c(F)c(F)c32)C2c3c(F)c(F)c(F)c(F)c3C4c3c(F)c(F)c(F)c(F)c32)S1. The van der Waals surface area contributed by atoms with Crippen LogP contribution in [0.2, 0.25) is 0 Å². The Hall–Kier alpha value is -4.04. The molecule has 0 spiro atoms. The zero-order valence-electron chi connectivity index (χ0n) is 37.9. The van der Waals surface area contributed by atoms with Gasteiger partial charge < -0.3 is 0 Å². The Morgan fingerprint density at radius 3 is 0.566 bits per heavy atom. The highest BCUT2D eigenvalue weighted by Gasteiger charge is 2.53. The number of rotatable bonds is 4. The van der Waals surface area contributed by atoms with Crippen LogP contribution >= 0.6 is 94.1 Å². The molecule has 388 valence electrons. The fourth-order valence-electron chi connectivity index (χ4n) is 11.8. The maximum absolute atomic E-state index is 16.5. The lowest BCUT2D eigenvalue weighted by molar-refractivity contribution is 0.375. The summed E-state index contributed by atoms with van der Waals surface area (Å²) in [6.45, 7) is 0. The molecule has 8 aliphatic rings. The molecule has 0 N–H and O–H groups in total. The van der Waals surface area contributed by atoms with Crippen molar-refractivity contribution >= 4 is 124 Å². The van der Waals surface area contributed by atoms with Crippen molar-refractivity contribution in [3.8, 4) is 0 Å². The summed E-state index contributed by atoms with van der Waals surface area (Å²) in [5, 5.41) is 1.11. The van der Waals surface area contributed by atoms with Crippen molar-refractivity contribution in [3.05, 3.63) is 211 Å². The first-order valence-corrected chi connectivity index (χ1v) is 30.0. The summed E-state index contributed by atoms with van der Waals surface area (Å²) in [6.07, 6.45) is 7.14. The standard InChI is InChI=1S/C52H20F16S8/c1-69-49-50(70-2)74-47(73-49)17-9-5-13-15(21-27-23(31(53)39(61)43(65)35(27)57)19(13)24-28(21)36(58)44(66)40(62)32(24)54)7-11(9)18(48-75-51(71-3)52(72-4)76-48)12-8-16-14(6-10(12)17)20-25-29(37(59)45(67)41(63)33(25)55)22(16)30-26(20)34(56)42(64)46(68)38(30)60/h5-8,19-22H,1-4H3. The Balaban J connectivity index is 1.26. The quantitative estimate of drug-likeness (QED) is 0.0731. The molecule has 4 bridgehead atoms. The van der Waals surface area contributed by atoms with E-state index in [4.69, 9.17) is 0 Å². The molecule has 2 aliphatic heterocycles. The van der Waals surface area contributed by atoms with E-state index in [-0.39, 0.29) is 54.2 Å². The molecule has 6 aliphatic carbocycles. The minimum Gasteiger partial charge on any atom is -0.203 e. The molecule has 0 atom stereocenters. The van der Waals surface area contributed by atoms with E-state index in [2.05, 4.69) is 0 Å². The topological polar surface area (TPSA) is 0 Å². The van der Waals surface area contributed by atoms with Gasteiger partial charge in [-0.2, -0.15) is 0 Å². The van der Waals surface area contributed by atoms with Gasteiger partial charge in [0.25, 0.3) is 0 Å². The van der Waals surface area contributed by atoms with Crippen LogP contribution in [0.4, 0.5) is 70.2 Å². The van der Waals surface area contributed by atoms with Crippen molar-refractivity contribution in [2.24, 2.45) is 0 Å². The Labute approximate surface area is 451 Å². The van der Waals surface area contributed by atoms with Crippen LogP contribution in [0.1, 0.15) is 90.4 Å². The van der Waals surface area contributed by atoms with E-state index in [0.717, 1.165) is 16.9 Å². The summed E-state index contributed by atoms with van der Waals surface area (Å²) in [5.74, 6) is -43.4. The van der Waals surface area contributed by atoms with E-state index in [1.165, 1.54) is 118 Å². The number of halogens is 16. The van der Waals surface area contributed by atoms with Gasteiger partial charge in [-0.1, -0.05) is 47.0 Å². The largest absolute Gasteiger partial charge is 0.203 e. The van der Waals surface area contributed by atoms with Crippen LogP contribution in [0.25, 0.3) is 30.0 Å². The average molecular weight is 1210 g/mol. The van der Waals surface area contributed by atoms with Gasteiger partial charge in [0.15, 0.2) is 93.1 Å². The van der Waals surface area contributed by atoms with Gasteiger partial charge in [-0.15, -0.1) is 47.0 Å². The molecule has 7 aromatic rings. The molecule has 0 unspecified atom stereocenters. The molecular formula is C52H20F16S8. The summed E-state index contributed by atoms with van der Waals surface area (Å²) < 4.78 is 259. The van der Waals surface area contributed by atoms with Gasteiger partial charge in [0.2, 0.25) is 0 Å². The molecule has 2 heterocycles. The summed E-state index contributed by atoms with van der Waals surface area (Å²) in [4.78, 5) is 0. The highest BCUT2D eigenvalue weighted by Crippen LogP contribution is 2.64. The molecule has 0 saturated carbocycles. The number of fused-ring (bicyclic) bond motifs is 2. The molecule has 0 fully saturated rings. The Kier molecular flexibility index (Phi) is 12.0. The Bertz CT molecular complexity index is 3570. The minimum absolute atomic E-state index is 0.163. The van der Waals surface area contributed by atoms with E-state index in [0.29, 0.717) is 8.47 Å². The number of benzene rings is 7. The number of hydrogen-bond donors (Lipinski definition) is 0. The first-order valence-electron chi connectivity index (χ1n) is 21.9. The van der Waals surface area contributed by atoms with E-state index in [9.17, 15) is 0 Å². The normalized spacial score (nSPS) is 19.7. The monoisotopic (exact) mass is 1200 g/mol. The fourth-order valence-corrected chi connectivity index (χ4v) is 22.1. The zero-order valence-corrected chi connectivity index (χ0v) is 44.5. The van der Waals surface area contributed by atoms with Gasteiger partial charge in [0.1, 0.15) is 0 Å². The van der Waals surface area contributed by atoms with E-state index < -0.39 is 161 Å². The lowest BCUT2D eigenvalue weighted by Crippen LogP contribution is -2.35.